The molecule has 5 rings (SSSR count). The number of unbranched alkanes of at least 4 members (excludes halogenated alkanes) is 3. The van der Waals surface area contributed by atoms with E-state index in [9.17, 15) is 14.4 Å². The highest BCUT2D eigenvalue weighted by molar-refractivity contribution is 6.04. The maximum Gasteiger partial charge on any atom is 0.250 e. The fraction of sp³-hybridized carbons (Fsp3) is 0.581. The van der Waals surface area contributed by atoms with Crippen LogP contribution in [0.5, 0.6) is 0 Å². The monoisotopic (exact) mass is 535 g/mol. The van der Waals surface area contributed by atoms with Crippen molar-refractivity contribution in [3.8, 4) is 0 Å². The Hall–Kier alpha value is -2.97. The van der Waals surface area contributed by atoms with Crippen molar-refractivity contribution < 1.29 is 24.2 Å². The zero-order valence-electron chi connectivity index (χ0n) is 23.2. The van der Waals surface area contributed by atoms with E-state index in [0.29, 0.717) is 38.0 Å². The summed E-state index contributed by atoms with van der Waals surface area (Å²) in [6, 6.07) is 12.9. The van der Waals surface area contributed by atoms with Crippen LogP contribution in [0.4, 0.5) is 5.69 Å². The van der Waals surface area contributed by atoms with Gasteiger partial charge in [-0.1, -0.05) is 57.0 Å². The van der Waals surface area contributed by atoms with Gasteiger partial charge in [-0.2, -0.15) is 0 Å². The minimum absolute atomic E-state index is 0.0133. The number of anilines is 1. The lowest BCUT2D eigenvalue weighted by Crippen LogP contribution is -2.54. The van der Waals surface area contributed by atoms with E-state index in [1.54, 1.807) is 4.90 Å². The number of benzene rings is 2. The molecule has 6 atom stereocenters. The molecule has 39 heavy (non-hydrogen) atoms. The number of carbonyl (C=O) groups is 3. The lowest BCUT2D eigenvalue weighted by atomic mass is 9.62. The van der Waals surface area contributed by atoms with Gasteiger partial charge >= 0.3 is 0 Å². The highest BCUT2D eigenvalue weighted by Crippen LogP contribution is 2.65. The smallest absolute Gasteiger partial charge is 0.250 e. The summed E-state index contributed by atoms with van der Waals surface area (Å²) in [5.74, 6) is -1.93. The molecule has 3 aliphatic heterocycles. The number of hydrogen-bond acceptors (Lipinski definition) is 5. The van der Waals surface area contributed by atoms with Gasteiger partial charge in [0.25, 0.3) is 0 Å². The van der Waals surface area contributed by atoms with Gasteiger partial charge in [0.1, 0.15) is 11.6 Å². The van der Waals surface area contributed by atoms with Crippen LogP contribution >= 0.6 is 0 Å². The third-order valence-corrected chi connectivity index (χ3v) is 9.22. The van der Waals surface area contributed by atoms with Crippen LogP contribution in [0.1, 0.15) is 59.3 Å². The van der Waals surface area contributed by atoms with Crippen molar-refractivity contribution in [2.75, 3.05) is 25.0 Å². The first-order chi connectivity index (χ1) is 18.8. The molecule has 0 radical (unpaired) electrons. The van der Waals surface area contributed by atoms with Crippen molar-refractivity contribution in [2.45, 2.75) is 76.5 Å². The number of amides is 3. The molecule has 8 heteroatoms. The summed E-state index contributed by atoms with van der Waals surface area (Å²) in [7, 11) is 0. The van der Waals surface area contributed by atoms with Crippen LogP contribution < -0.4 is 10.6 Å². The van der Waals surface area contributed by atoms with Crippen molar-refractivity contribution in [3.63, 3.8) is 0 Å². The zero-order valence-corrected chi connectivity index (χ0v) is 23.2. The van der Waals surface area contributed by atoms with Gasteiger partial charge in [-0.25, -0.2) is 0 Å². The van der Waals surface area contributed by atoms with Gasteiger partial charge in [-0.05, 0) is 61.4 Å². The van der Waals surface area contributed by atoms with E-state index in [-0.39, 0.29) is 30.2 Å². The Morgan fingerprint density at radius 2 is 1.82 bits per heavy atom. The summed E-state index contributed by atoms with van der Waals surface area (Å²) in [5, 5.41) is 17.3. The molecule has 3 fully saturated rings. The number of fused-ring (bicyclic) bond motifs is 2. The third kappa shape index (κ3) is 4.61. The lowest BCUT2D eigenvalue weighted by molar-refractivity contribution is -0.146. The van der Waals surface area contributed by atoms with Gasteiger partial charge in [-0.15, -0.1) is 0 Å². The summed E-state index contributed by atoms with van der Waals surface area (Å²) in [6.07, 6.45) is 4.48. The topological polar surface area (TPSA) is 108 Å². The maximum atomic E-state index is 14.1. The Morgan fingerprint density at radius 3 is 2.56 bits per heavy atom. The number of carbonyl (C=O) groups excluding carboxylic acids is 3. The van der Waals surface area contributed by atoms with Gasteiger partial charge in [-0.3, -0.25) is 14.4 Å². The zero-order chi connectivity index (χ0) is 27.8. The van der Waals surface area contributed by atoms with E-state index in [1.807, 2.05) is 56.3 Å². The molecule has 0 aromatic heterocycles. The average molecular weight is 536 g/mol. The molecule has 3 heterocycles. The minimum atomic E-state index is -1.05. The molecule has 3 aliphatic rings. The highest BCUT2D eigenvalue weighted by Gasteiger charge is 2.79. The van der Waals surface area contributed by atoms with E-state index in [1.165, 1.54) is 0 Å². The molecule has 3 amide bonds. The summed E-state index contributed by atoms with van der Waals surface area (Å²) < 4.78 is 6.77. The van der Waals surface area contributed by atoms with Crippen LogP contribution in [-0.2, 0) is 19.1 Å². The van der Waals surface area contributed by atoms with Crippen LogP contribution in [0.15, 0.2) is 42.5 Å². The van der Waals surface area contributed by atoms with Gasteiger partial charge in [0, 0.05) is 25.4 Å². The second-order valence-corrected chi connectivity index (χ2v) is 11.7. The predicted molar refractivity (Wildman–Crippen MR) is 150 cm³/mol. The number of aliphatic hydroxyl groups is 1. The third-order valence-electron chi connectivity index (χ3n) is 9.22. The number of hydrogen-bond donors (Lipinski definition) is 3. The van der Waals surface area contributed by atoms with Crippen molar-refractivity contribution >= 4 is 34.2 Å². The first kappa shape index (κ1) is 27.6. The Labute approximate surface area is 230 Å². The molecule has 210 valence electrons. The van der Waals surface area contributed by atoms with Crippen LogP contribution in [-0.4, -0.2) is 64.7 Å². The Morgan fingerprint density at radius 1 is 1.08 bits per heavy atom. The second kappa shape index (κ2) is 10.9. The predicted octanol–water partition coefficient (Wildman–Crippen LogP) is 3.87. The molecule has 8 nitrogen and oxygen atoms in total. The van der Waals surface area contributed by atoms with Crippen molar-refractivity contribution in [3.05, 3.63) is 42.5 Å². The fourth-order valence-corrected chi connectivity index (χ4v) is 7.26. The first-order valence-corrected chi connectivity index (χ1v) is 14.5. The van der Waals surface area contributed by atoms with Gasteiger partial charge in [0.15, 0.2) is 0 Å². The molecule has 2 aromatic rings. The molecule has 2 aromatic carbocycles. The molecule has 1 spiro atoms. The van der Waals surface area contributed by atoms with Gasteiger partial charge in [0.05, 0.1) is 17.4 Å². The molecule has 2 bridgehead atoms. The number of nitrogens with one attached hydrogen (secondary N) is 2. The van der Waals surface area contributed by atoms with E-state index in [4.69, 9.17) is 9.84 Å². The number of aliphatic hydroxyl groups excluding tert-OH is 1. The largest absolute Gasteiger partial charge is 0.396 e. The van der Waals surface area contributed by atoms with Gasteiger partial charge in [0.2, 0.25) is 17.7 Å². The highest BCUT2D eigenvalue weighted by atomic mass is 16.5. The number of ether oxygens (including phenoxy) is 1. The molecule has 3 unspecified atom stereocenters. The summed E-state index contributed by atoms with van der Waals surface area (Å²) >= 11 is 0. The van der Waals surface area contributed by atoms with Gasteiger partial charge < -0.3 is 25.4 Å². The Balaban J connectivity index is 1.48. The second-order valence-electron chi connectivity index (χ2n) is 11.7. The SMILES string of the molecule is CCCNC(=O)[C@H]1[C@H]2C(=O)N(CCCCCCO)C(C(=O)Nc3ccc4ccccc4c3)C23CC(C)[C@]1(C)O3. The van der Waals surface area contributed by atoms with Crippen LogP contribution in [0.3, 0.4) is 0 Å². The molecular formula is C31H41N3O5. The number of likely N-dealkylation sites (tertiary alicyclic amines) is 1. The maximum absolute atomic E-state index is 14.1. The molecule has 0 aliphatic carbocycles. The molecular weight excluding hydrogens is 494 g/mol. The molecule has 0 saturated carbocycles. The minimum Gasteiger partial charge on any atom is -0.396 e. The van der Waals surface area contributed by atoms with E-state index in [2.05, 4.69) is 17.6 Å². The average Bonchev–Trinajstić information content (AvgIpc) is 3.43. The fourth-order valence-electron chi connectivity index (χ4n) is 7.26. The summed E-state index contributed by atoms with van der Waals surface area (Å²) in [6.45, 7) is 7.08. The van der Waals surface area contributed by atoms with E-state index < -0.39 is 29.1 Å². The number of rotatable bonds is 11. The molecule has 3 N–H and O–H groups in total. The van der Waals surface area contributed by atoms with Crippen molar-refractivity contribution in [1.82, 2.24) is 10.2 Å². The van der Waals surface area contributed by atoms with E-state index >= 15 is 0 Å². The van der Waals surface area contributed by atoms with Crippen LogP contribution in [0.2, 0.25) is 0 Å². The Kier molecular flexibility index (Phi) is 7.71. The van der Waals surface area contributed by atoms with Crippen molar-refractivity contribution in [2.24, 2.45) is 17.8 Å². The summed E-state index contributed by atoms with van der Waals surface area (Å²) in [4.78, 5) is 43.4. The van der Waals surface area contributed by atoms with Crippen LogP contribution in [0.25, 0.3) is 10.8 Å². The van der Waals surface area contributed by atoms with Crippen LogP contribution in [0, 0.1) is 17.8 Å². The normalized spacial score (nSPS) is 31.1. The number of nitrogens with zero attached hydrogens (tertiary/aromatic N) is 1. The summed E-state index contributed by atoms with van der Waals surface area (Å²) in [5.41, 5.74) is -1.20. The van der Waals surface area contributed by atoms with E-state index in [0.717, 1.165) is 30.0 Å². The van der Waals surface area contributed by atoms with Crippen molar-refractivity contribution in [1.29, 1.82) is 0 Å². The standard InChI is InChI=1S/C31H41N3O5/c1-4-15-32-27(36)24-25-29(38)34(16-9-5-6-10-17-35)26(31(25)19-20(2)30(24,3)39-31)28(37)33-23-14-13-21-11-7-8-12-22(21)18-23/h7-8,11-14,18,20,24-26,35H,4-6,9-10,15-17,19H2,1-3H3,(H,32,36)(H,33,37)/t20?,24-,25+,26?,30+,31?/m1/s1. The Bertz CT molecular complexity index is 1250. The lowest BCUT2D eigenvalue weighted by Gasteiger charge is -2.36. The molecule has 3 saturated heterocycles. The first-order valence-electron chi connectivity index (χ1n) is 14.5. The quantitative estimate of drug-likeness (QED) is 0.379.